The van der Waals surface area contributed by atoms with Gasteiger partial charge in [-0.2, -0.15) is 0 Å². The highest BCUT2D eigenvalue weighted by Crippen LogP contribution is 2.36. The van der Waals surface area contributed by atoms with Crippen LogP contribution in [0.1, 0.15) is 54.0 Å². The van der Waals surface area contributed by atoms with Crippen LogP contribution in [0.15, 0.2) is 53.6 Å². The normalized spacial score (nSPS) is 12.0. The third kappa shape index (κ3) is 8.61. The van der Waals surface area contributed by atoms with Crippen molar-refractivity contribution in [2.45, 2.75) is 71.5 Å². The van der Waals surface area contributed by atoms with Crippen LogP contribution in [0.4, 0.5) is 10.5 Å². The predicted molar refractivity (Wildman–Crippen MR) is 155 cm³/mol. The molecule has 0 unspecified atom stereocenters. The standard InChI is InChI=1S/C28H36N4O5S2/c1-17(2)25(33)29-15-19-8-13-22(24(14-19)39(35,36)32-28(5,6)7)23-16-30-26(38-23)20-9-11-21(12-10-20)31-27(34)37-18(3)4/h8-14,16-18,32H,15H2,1-7H3,(H,29,33)(H,31,34). The van der Waals surface area contributed by atoms with Crippen molar-refractivity contribution in [3.8, 4) is 21.0 Å². The minimum absolute atomic E-state index is 0.110. The van der Waals surface area contributed by atoms with Crippen molar-refractivity contribution in [2.24, 2.45) is 5.92 Å². The average Bonchev–Trinajstić information content (AvgIpc) is 3.31. The van der Waals surface area contributed by atoms with Gasteiger partial charge in [0, 0.05) is 41.0 Å². The molecule has 39 heavy (non-hydrogen) atoms. The van der Waals surface area contributed by atoms with Crippen LogP contribution in [0.2, 0.25) is 0 Å². The lowest BCUT2D eigenvalue weighted by Gasteiger charge is -2.22. The lowest BCUT2D eigenvalue weighted by Crippen LogP contribution is -2.40. The Morgan fingerprint density at radius 3 is 2.28 bits per heavy atom. The molecule has 0 aliphatic rings. The van der Waals surface area contributed by atoms with E-state index in [2.05, 4.69) is 20.3 Å². The highest BCUT2D eigenvalue weighted by atomic mass is 32.2. The van der Waals surface area contributed by atoms with Gasteiger partial charge in [0.15, 0.2) is 0 Å². The maximum absolute atomic E-state index is 13.5. The summed E-state index contributed by atoms with van der Waals surface area (Å²) in [7, 11) is -3.89. The summed E-state index contributed by atoms with van der Waals surface area (Å²) >= 11 is 1.36. The smallest absolute Gasteiger partial charge is 0.411 e. The zero-order valence-electron chi connectivity index (χ0n) is 23.3. The Morgan fingerprint density at radius 1 is 1.03 bits per heavy atom. The van der Waals surface area contributed by atoms with E-state index in [9.17, 15) is 18.0 Å². The van der Waals surface area contributed by atoms with Gasteiger partial charge in [-0.1, -0.05) is 26.0 Å². The number of sulfonamides is 1. The molecular weight excluding hydrogens is 536 g/mol. The fourth-order valence-corrected chi connectivity index (χ4v) is 6.26. The Balaban J connectivity index is 1.92. The summed E-state index contributed by atoms with van der Waals surface area (Å²) in [5, 5.41) is 6.21. The van der Waals surface area contributed by atoms with Crippen molar-refractivity contribution in [3.05, 3.63) is 54.2 Å². The number of benzene rings is 2. The second kappa shape index (κ2) is 12.3. The van der Waals surface area contributed by atoms with Crippen LogP contribution in [0, 0.1) is 5.92 Å². The lowest BCUT2D eigenvalue weighted by molar-refractivity contribution is -0.124. The largest absolute Gasteiger partial charge is 0.447 e. The topological polar surface area (TPSA) is 126 Å². The van der Waals surface area contributed by atoms with Crippen LogP contribution >= 0.6 is 11.3 Å². The van der Waals surface area contributed by atoms with Gasteiger partial charge in [-0.3, -0.25) is 10.1 Å². The van der Waals surface area contributed by atoms with Crippen LogP contribution in [-0.2, 0) is 26.1 Å². The monoisotopic (exact) mass is 572 g/mol. The Hall–Kier alpha value is -3.28. The molecule has 3 aromatic rings. The van der Waals surface area contributed by atoms with Gasteiger partial charge < -0.3 is 10.1 Å². The Labute approximate surface area is 234 Å². The van der Waals surface area contributed by atoms with E-state index in [4.69, 9.17) is 4.74 Å². The summed E-state index contributed by atoms with van der Waals surface area (Å²) in [6, 6.07) is 12.3. The van der Waals surface area contributed by atoms with Gasteiger partial charge in [-0.15, -0.1) is 11.3 Å². The summed E-state index contributed by atoms with van der Waals surface area (Å²) in [5.41, 5.74) is 1.91. The maximum atomic E-state index is 13.5. The molecule has 0 radical (unpaired) electrons. The zero-order valence-corrected chi connectivity index (χ0v) is 24.9. The minimum Gasteiger partial charge on any atom is -0.447 e. The molecule has 2 amide bonds. The summed E-state index contributed by atoms with van der Waals surface area (Å²) in [6.45, 7) is 12.7. The molecule has 210 valence electrons. The molecule has 0 spiro atoms. The number of rotatable bonds is 9. The molecule has 0 atom stereocenters. The molecule has 3 rings (SSSR count). The van der Waals surface area contributed by atoms with Gasteiger partial charge in [-0.25, -0.2) is 22.9 Å². The van der Waals surface area contributed by atoms with E-state index in [1.165, 1.54) is 11.3 Å². The SMILES string of the molecule is CC(C)OC(=O)Nc1ccc(-c2ncc(-c3ccc(CNC(=O)C(C)C)cc3S(=O)(=O)NC(C)(C)C)s2)cc1. The third-order valence-corrected chi connectivity index (χ3v) is 8.14. The third-order valence-electron chi connectivity index (χ3n) is 5.26. The highest BCUT2D eigenvalue weighted by Gasteiger charge is 2.26. The second-order valence-corrected chi connectivity index (χ2v) is 13.4. The molecule has 0 saturated heterocycles. The second-order valence-electron chi connectivity index (χ2n) is 10.7. The van der Waals surface area contributed by atoms with Crippen LogP contribution in [0.5, 0.6) is 0 Å². The molecule has 0 saturated carbocycles. The average molecular weight is 573 g/mol. The Kier molecular flexibility index (Phi) is 9.52. The van der Waals surface area contributed by atoms with Gasteiger partial charge in [0.05, 0.1) is 15.9 Å². The van der Waals surface area contributed by atoms with E-state index in [1.807, 2.05) is 18.2 Å². The molecule has 9 nitrogen and oxygen atoms in total. The van der Waals surface area contributed by atoms with E-state index in [-0.39, 0.29) is 29.4 Å². The number of thiazole rings is 1. The maximum Gasteiger partial charge on any atom is 0.411 e. The van der Waals surface area contributed by atoms with Crippen molar-refractivity contribution in [1.29, 1.82) is 0 Å². The predicted octanol–water partition coefficient (Wildman–Crippen LogP) is 5.78. The van der Waals surface area contributed by atoms with Crippen LogP contribution in [0.3, 0.4) is 0 Å². The first-order chi connectivity index (χ1) is 18.1. The summed E-state index contributed by atoms with van der Waals surface area (Å²) < 4.78 is 34.7. The van der Waals surface area contributed by atoms with Crippen molar-refractivity contribution >= 4 is 39.0 Å². The molecule has 2 aromatic carbocycles. The van der Waals surface area contributed by atoms with Crippen LogP contribution in [-0.4, -0.2) is 37.0 Å². The summed E-state index contributed by atoms with van der Waals surface area (Å²) in [5.74, 6) is -0.286. The molecule has 0 aliphatic heterocycles. The molecular formula is C28H36N4O5S2. The van der Waals surface area contributed by atoms with Crippen molar-refractivity contribution in [3.63, 3.8) is 0 Å². The van der Waals surface area contributed by atoms with Crippen LogP contribution in [0.25, 0.3) is 21.0 Å². The molecule has 1 aromatic heterocycles. The number of nitrogens with zero attached hydrogens (tertiary/aromatic N) is 1. The minimum atomic E-state index is -3.89. The number of anilines is 1. The first-order valence-corrected chi connectivity index (χ1v) is 14.9. The Morgan fingerprint density at radius 2 is 1.69 bits per heavy atom. The zero-order chi connectivity index (χ0) is 29.0. The number of aromatic nitrogens is 1. The van der Waals surface area contributed by atoms with Crippen molar-refractivity contribution < 1.29 is 22.7 Å². The Bertz CT molecular complexity index is 1420. The number of hydrogen-bond donors (Lipinski definition) is 3. The number of amides is 2. The molecule has 0 bridgehead atoms. The van der Waals surface area contributed by atoms with Crippen LogP contribution < -0.4 is 15.4 Å². The van der Waals surface area contributed by atoms with Crippen molar-refractivity contribution in [1.82, 2.24) is 15.0 Å². The number of carbonyl (C=O) groups is 2. The first-order valence-electron chi connectivity index (χ1n) is 12.6. The first kappa shape index (κ1) is 30.3. The molecule has 0 fully saturated rings. The van der Waals surface area contributed by atoms with Gasteiger partial charge in [-0.05, 0) is 70.5 Å². The van der Waals surface area contributed by atoms with E-state index in [0.29, 0.717) is 26.7 Å². The van der Waals surface area contributed by atoms with Crippen molar-refractivity contribution in [2.75, 3.05) is 5.32 Å². The number of nitrogens with one attached hydrogen (secondary N) is 3. The van der Waals surface area contributed by atoms with E-state index >= 15 is 0 Å². The lowest BCUT2D eigenvalue weighted by atomic mass is 10.1. The molecule has 1 heterocycles. The van der Waals surface area contributed by atoms with E-state index in [1.54, 1.807) is 78.9 Å². The molecule has 0 aliphatic carbocycles. The fraction of sp³-hybridized carbons (Fsp3) is 0.393. The van der Waals surface area contributed by atoms with E-state index in [0.717, 1.165) is 5.56 Å². The molecule has 3 N–H and O–H groups in total. The number of hydrogen-bond acceptors (Lipinski definition) is 7. The number of ether oxygens (including phenoxy) is 1. The van der Waals surface area contributed by atoms with Gasteiger partial charge >= 0.3 is 6.09 Å². The number of carbonyl (C=O) groups excluding carboxylic acids is 2. The quantitative estimate of drug-likeness (QED) is 0.298. The fourth-order valence-electron chi connectivity index (χ4n) is 3.54. The summed E-state index contributed by atoms with van der Waals surface area (Å²) in [4.78, 5) is 29.2. The molecule has 11 heteroatoms. The van der Waals surface area contributed by atoms with Gasteiger partial charge in [0.25, 0.3) is 0 Å². The van der Waals surface area contributed by atoms with Gasteiger partial charge in [0.1, 0.15) is 5.01 Å². The van der Waals surface area contributed by atoms with Gasteiger partial charge in [0.2, 0.25) is 15.9 Å². The highest BCUT2D eigenvalue weighted by molar-refractivity contribution is 7.89. The van der Waals surface area contributed by atoms with E-state index < -0.39 is 21.7 Å². The summed E-state index contributed by atoms with van der Waals surface area (Å²) in [6.07, 6.45) is 0.898.